The van der Waals surface area contributed by atoms with Gasteiger partial charge in [0.05, 0.1) is 24.1 Å². The lowest BCUT2D eigenvalue weighted by Crippen LogP contribution is -2.59. The highest BCUT2D eigenvalue weighted by Crippen LogP contribution is 2.56. The van der Waals surface area contributed by atoms with Crippen molar-refractivity contribution in [1.82, 2.24) is 10.3 Å². The number of nitrogens with zero attached hydrogens (tertiary/aromatic N) is 2. The van der Waals surface area contributed by atoms with Crippen molar-refractivity contribution in [2.75, 3.05) is 23.3 Å². The van der Waals surface area contributed by atoms with Gasteiger partial charge in [-0.3, -0.25) is 0 Å². The third kappa shape index (κ3) is 5.25. The summed E-state index contributed by atoms with van der Waals surface area (Å²) in [6, 6.07) is 2.95. The number of morpholine rings is 1. The number of pyridine rings is 1. The molecule has 0 radical (unpaired) electrons. The summed E-state index contributed by atoms with van der Waals surface area (Å²) in [5.74, 6) is 1.06. The minimum Gasteiger partial charge on any atom is -0.444 e. The van der Waals surface area contributed by atoms with Crippen molar-refractivity contribution in [1.29, 1.82) is 0 Å². The van der Waals surface area contributed by atoms with Crippen molar-refractivity contribution in [3.63, 3.8) is 0 Å². The van der Waals surface area contributed by atoms with E-state index in [2.05, 4.69) is 42.4 Å². The Morgan fingerprint density at radius 3 is 2.35 bits per heavy atom. The molecule has 2 saturated carbocycles. The molecular weight excluding hydrogens is 392 g/mol. The first-order chi connectivity index (χ1) is 14.5. The van der Waals surface area contributed by atoms with Crippen molar-refractivity contribution in [2.24, 2.45) is 5.41 Å². The number of rotatable bonds is 4. The third-order valence-corrected chi connectivity index (χ3v) is 6.58. The number of carbonyl (C=O) groups is 1. The number of alkyl carbamates (subject to hydrolysis) is 1. The molecule has 7 nitrogen and oxygen atoms in total. The smallest absolute Gasteiger partial charge is 0.407 e. The monoisotopic (exact) mass is 430 g/mol. The fourth-order valence-corrected chi connectivity index (χ4v) is 5.55. The average Bonchev–Trinajstić information content (AvgIpc) is 2.55. The summed E-state index contributed by atoms with van der Waals surface area (Å²) >= 11 is 0. The summed E-state index contributed by atoms with van der Waals surface area (Å²) in [5, 5.41) is 6.67. The van der Waals surface area contributed by atoms with Gasteiger partial charge in [0, 0.05) is 25.2 Å². The van der Waals surface area contributed by atoms with E-state index in [1.807, 2.05) is 27.0 Å². The Hall–Kier alpha value is -2.02. The Morgan fingerprint density at radius 2 is 1.77 bits per heavy atom. The van der Waals surface area contributed by atoms with Crippen molar-refractivity contribution >= 4 is 17.6 Å². The van der Waals surface area contributed by atoms with Gasteiger partial charge in [-0.15, -0.1) is 0 Å². The van der Waals surface area contributed by atoms with Crippen LogP contribution in [0.1, 0.15) is 65.9 Å². The average molecular weight is 431 g/mol. The summed E-state index contributed by atoms with van der Waals surface area (Å²) in [7, 11) is 0. The van der Waals surface area contributed by atoms with Crippen molar-refractivity contribution in [3.8, 4) is 0 Å². The standard InChI is InChI=1S/C24H38N4O3/c1-15-7-18(12-25-21(15)28-13-16(2)30-17(3)14-28)26-19-8-24(9-19)10-20(11-24)27-22(29)31-23(4,5)6/h7,12,16-17,19-20,26H,8-11,13-14H2,1-6H3,(H,27,29)/t16-,17-,19?,20?,24?/m0/s1. The zero-order valence-corrected chi connectivity index (χ0v) is 19.8. The molecule has 0 aromatic carbocycles. The molecule has 31 heavy (non-hydrogen) atoms. The van der Waals surface area contributed by atoms with Gasteiger partial charge in [-0.25, -0.2) is 9.78 Å². The second-order valence-electron chi connectivity index (χ2n) is 11.0. The Kier molecular flexibility index (Phi) is 5.83. The largest absolute Gasteiger partial charge is 0.444 e. The Balaban J connectivity index is 1.23. The molecule has 172 valence electrons. The number of carbonyl (C=O) groups excluding carboxylic acids is 1. The summed E-state index contributed by atoms with van der Waals surface area (Å²) in [6.07, 6.45) is 6.52. The van der Waals surface area contributed by atoms with Crippen LogP contribution >= 0.6 is 0 Å². The van der Waals surface area contributed by atoms with Gasteiger partial charge in [-0.2, -0.15) is 0 Å². The minimum atomic E-state index is -0.447. The summed E-state index contributed by atoms with van der Waals surface area (Å²) in [4.78, 5) is 19.0. The minimum absolute atomic E-state index is 0.227. The molecule has 3 fully saturated rings. The van der Waals surface area contributed by atoms with Gasteiger partial charge in [0.25, 0.3) is 0 Å². The van der Waals surface area contributed by atoms with E-state index in [0.29, 0.717) is 11.5 Å². The van der Waals surface area contributed by atoms with Gasteiger partial charge in [0.1, 0.15) is 11.4 Å². The van der Waals surface area contributed by atoms with Crippen LogP contribution in [0.25, 0.3) is 0 Å². The first-order valence-corrected chi connectivity index (χ1v) is 11.6. The maximum absolute atomic E-state index is 11.9. The molecule has 4 rings (SSSR count). The van der Waals surface area contributed by atoms with E-state index >= 15 is 0 Å². The number of aromatic nitrogens is 1. The Bertz CT molecular complexity index is 798. The molecule has 2 atom stereocenters. The lowest BCUT2D eigenvalue weighted by molar-refractivity contribution is -0.0178. The number of anilines is 2. The van der Waals surface area contributed by atoms with E-state index in [-0.39, 0.29) is 24.3 Å². The predicted molar refractivity (Wildman–Crippen MR) is 123 cm³/mol. The van der Waals surface area contributed by atoms with E-state index in [1.165, 1.54) is 5.56 Å². The number of hydrogen-bond acceptors (Lipinski definition) is 6. The molecule has 0 bridgehead atoms. The number of aryl methyl sites for hydroxylation is 1. The number of ether oxygens (including phenoxy) is 2. The van der Waals surface area contributed by atoms with E-state index in [0.717, 1.165) is 50.3 Å². The molecule has 1 aromatic rings. The maximum atomic E-state index is 11.9. The molecule has 1 saturated heterocycles. The van der Waals surface area contributed by atoms with E-state index < -0.39 is 5.60 Å². The Morgan fingerprint density at radius 1 is 1.16 bits per heavy atom. The van der Waals surface area contributed by atoms with Crippen LogP contribution in [0, 0.1) is 12.3 Å². The first kappa shape index (κ1) is 22.2. The second-order valence-corrected chi connectivity index (χ2v) is 11.0. The lowest BCUT2D eigenvalue weighted by Gasteiger charge is -2.58. The van der Waals surface area contributed by atoms with Gasteiger partial charge in [-0.1, -0.05) is 0 Å². The molecule has 1 spiro atoms. The van der Waals surface area contributed by atoms with Crippen LogP contribution in [0.15, 0.2) is 12.3 Å². The van der Waals surface area contributed by atoms with Crippen LogP contribution < -0.4 is 15.5 Å². The fraction of sp³-hybridized carbons (Fsp3) is 0.750. The molecule has 2 N–H and O–H groups in total. The topological polar surface area (TPSA) is 75.7 Å². The van der Waals surface area contributed by atoms with Gasteiger partial charge in [0.2, 0.25) is 0 Å². The predicted octanol–water partition coefficient (Wildman–Crippen LogP) is 4.25. The molecule has 0 unspecified atom stereocenters. The maximum Gasteiger partial charge on any atom is 0.407 e. The van der Waals surface area contributed by atoms with Gasteiger partial charge in [-0.05, 0) is 84.3 Å². The van der Waals surface area contributed by atoms with Crippen molar-refractivity contribution in [3.05, 3.63) is 17.8 Å². The molecule has 3 aliphatic rings. The van der Waals surface area contributed by atoms with E-state index in [4.69, 9.17) is 14.5 Å². The molecule has 7 heteroatoms. The molecule has 1 aliphatic heterocycles. The quantitative estimate of drug-likeness (QED) is 0.744. The van der Waals surface area contributed by atoms with E-state index in [9.17, 15) is 4.79 Å². The number of hydrogen-bond donors (Lipinski definition) is 2. The number of nitrogens with one attached hydrogen (secondary N) is 2. The zero-order chi connectivity index (χ0) is 22.4. The zero-order valence-electron chi connectivity index (χ0n) is 19.8. The highest BCUT2D eigenvalue weighted by Gasteiger charge is 2.53. The highest BCUT2D eigenvalue weighted by atomic mass is 16.6. The van der Waals surface area contributed by atoms with E-state index in [1.54, 1.807) is 0 Å². The third-order valence-electron chi connectivity index (χ3n) is 6.58. The summed E-state index contributed by atoms with van der Waals surface area (Å²) < 4.78 is 11.2. The summed E-state index contributed by atoms with van der Waals surface area (Å²) in [6.45, 7) is 13.8. The molecule has 2 aliphatic carbocycles. The van der Waals surface area contributed by atoms with Crippen LogP contribution in [0.5, 0.6) is 0 Å². The van der Waals surface area contributed by atoms with Gasteiger partial charge >= 0.3 is 6.09 Å². The van der Waals surface area contributed by atoms with Crippen LogP contribution in [-0.4, -0.2) is 54.1 Å². The SMILES string of the molecule is Cc1cc(NC2CC3(CC(NC(=O)OC(C)(C)C)C3)C2)cnc1N1C[C@H](C)O[C@@H](C)C1. The molecular formula is C24H38N4O3. The molecule has 1 amide bonds. The Labute approximate surface area is 186 Å². The molecule has 1 aromatic heterocycles. The molecule has 2 heterocycles. The van der Waals surface area contributed by atoms with Gasteiger partial charge in [0.15, 0.2) is 0 Å². The highest BCUT2D eigenvalue weighted by molar-refractivity contribution is 5.68. The van der Waals surface area contributed by atoms with Crippen molar-refractivity contribution in [2.45, 2.75) is 97.1 Å². The van der Waals surface area contributed by atoms with Crippen LogP contribution in [0.2, 0.25) is 0 Å². The lowest BCUT2D eigenvalue weighted by atomic mass is 9.52. The van der Waals surface area contributed by atoms with Crippen LogP contribution in [-0.2, 0) is 9.47 Å². The van der Waals surface area contributed by atoms with Crippen molar-refractivity contribution < 1.29 is 14.3 Å². The summed E-state index contributed by atoms with van der Waals surface area (Å²) in [5.41, 5.74) is 2.24. The van der Waals surface area contributed by atoms with Crippen LogP contribution in [0.4, 0.5) is 16.3 Å². The number of amides is 1. The van der Waals surface area contributed by atoms with Crippen LogP contribution in [0.3, 0.4) is 0 Å². The second kappa shape index (κ2) is 8.15. The first-order valence-electron chi connectivity index (χ1n) is 11.6. The van der Waals surface area contributed by atoms with Gasteiger partial charge < -0.3 is 25.0 Å². The normalized spacial score (nSPS) is 32.8. The fourth-order valence-electron chi connectivity index (χ4n) is 5.55.